The first-order valence-electron chi connectivity index (χ1n) is 10.7. The summed E-state index contributed by atoms with van der Waals surface area (Å²) in [4.78, 5) is 4.72. The van der Waals surface area contributed by atoms with Crippen molar-refractivity contribution in [3.63, 3.8) is 0 Å². The molecule has 0 aliphatic rings. The lowest BCUT2D eigenvalue weighted by molar-refractivity contribution is 0.864. The van der Waals surface area contributed by atoms with Gasteiger partial charge in [0.1, 0.15) is 0 Å². The van der Waals surface area contributed by atoms with Crippen LogP contribution >= 0.6 is 11.3 Å². The fraction of sp³-hybridized carbons (Fsp3) is 0.222. The van der Waals surface area contributed by atoms with Crippen molar-refractivity contribution in [3.8, 4) is 11.3 Å². The maximum atomic E-state index is 4.72. The van der Waals surface area contributed by atoms with Gasteiger partial charge in [-0.1, -0.05) is 87.2 Å². The molecule has 30 heavy (non-hydrogen) atoms. The monoisotopic (exact) mass is 425 g/mol. The van der Waals surface area contributed by atoms with Gasteiger partial charge in [0.05, 0.1) is 13.8 Å². The van der Waals surface area contributed by atoms with Gasteiger partial charge in [-0.15, -0.1) is 11.3 Å². The second kappa shape index (κ2) is 7.04. The number of benzene rings is 3. The Morgan fingerprint density at radius 3 is 2.33 bits per heavy atom. The predicted octanol–water partition coefficient (Wildman–Crippen LogP) is 7.94. The standard InChI is InChI=1S/C27H27NSSi/c1-17(2)18-13-14-28-25(16-18)24-8-6-7-22-23-11-9-19-15-20(30(3,4)5)10-12-21(19)26(23)29-27(22)24/h6-17H,1-5H3. The molecule has 5 aromatic rings. The van der Waals surface area contributed by atoms with Crippen LogP contribution in [-0.2, 0) is 0 Å². The fourth-order valence-corrected chi connectivity index (χ4v) is 6.74. The number of fused-ring (bicyclic) bond motifs is 5. The number of aromatic nitrogens is 1. The van der Waals surface area contributed by atoms with E-state index in [-0.39, 0.29) is 0 Å². The molecule has 2 heterocycles. The summed E-state index contributed by atoms with van der Waals surface area (Å²) < 4.78 is 2.72. The molecule has 150 valence electrons. The highest BCUT2D eigenvalue weighted by Gasteiger charge is 2.18. The van der Waals surface area contributed by atoms with Crippen molar-refractivity contribution in [2.24, 2.45) is 0 Å². The Morgan fingerprint density at radius 2 is 1.57 bits per heavy atom. The quantitative estimate of drug-likeness (QED) is 0.267. The van der Waals surface area contributed by atoms with Crippen LogP contribution in [0, 0.1) is 0 Å². The van der Waals surface area contributed by atoms with Gasteiger partial charge in [0.2, 0.25) is 0 Å². The summed E-state index contributed by atoms with van der Waals surface area (Å²) in [7, 11) is -1.32. The number of nitrogens with zero attached hydrogens (tertiary/aromatic N) is 1. The molecule has 1 nitrogen and oxygen atoms in total. The number of pyridine rings is 1. The first kappa shape index (κ1) is 19.5. The summed E-state index contributed by atoms with van der Waals surface area (Å²) in [5.41, 5.74) is 3.65. The summed E-state index contributed by atoms with van der Waals surface area (Å²) in [6.07, 6.45) is 1.95. The van der Waals surface area contributed by atoms with E-state index in [1.165, 1.54) is 47.3 Å². The minimum Gasteiger partial charge on any atom is -0.256 e. The van der Waals surface area contributed by atoms with Crippen LogP contribution in [0.15, 0.2) is 66.9 Å². The lowest BCUT2D eigenvalue weighted by Gasteiger charge is -2.17. The minimum atomic E-state index is -1.32. The van der Waals surface area contributed by atoms with E-state index < -0.39 is 8.07 Å². The summed E-state index contributed by atoms with van der Waals surface area (Å²) >= 11 is 1.91. The average molecular weight is 426 g/mol. The Balaban J connectivity index is 1.78. The Hall–Kier alpha value is -2.49. The van der Waals surface area contributed by atoms with Gasteiger partial charge in [-0.25, -0.2) is 0 Å². The van der Waals surface area contributed by atoms with Crippen molar-refractivity contribution < 1.29 is 0 Å². The maximum absolute atomic E-state index is 4.72. The zero-order valence-electron chi connectivity index (χ0n) is 18.3. The first-order chi connectivity index (χ1) is 14.3. The first-order valence-corrected chi connectivity index (χ1v) is 15.0. The number of thiophene rings is 1. The van der Waals surface area contributed by atoms with Gasteiger partial charge in [0, 0.05) is 31.9 Å². The zero-order chi connectivity index (χ0) is 21.0. The third-order valence-electron chi connectivity index (χ3n) is 6.07. The molecule has 0 aliphatic carbocycles. The van der Waals surface area contributed by atoms with E-state index >= 15 is 0 Å². The third-order valence-corrected chi connectivity index (χ3v) is 9.40. The summed E-state index contributed by atoms with van der Waals surface area (Å²) in [6, 6.07) is 22.8. The number of hydrogen-bond donors (Lipinski definition) is 0. The molecule has 0 radical (unpaired) electrons. The van der Waals surface area contributed by atoms with Crippen molar-refractivity contribution in [1.29, 1.82) is 0 Å². The molecule has 2 aromatic heterocycles. The minimum absolute atomic E-state index is 0.498. The molecule has 0 spiro atoms. The van der Waals surface area contributed by atoms with Crippen molar-refractivity contribution in [1.82, 2.24) is 4.98 Å². The Morgan fingerprint density at radius 1 is 0.800 bits per heavy atom. The third kappa shape index (κ3) is 3.17. The van der Waals surface area contributed by atoms with Crippen LogP contribution in [0.5, 0.6) is 0 Å². The molecule has 5 rings (SSSR count). The van der Waals surface area contributed by atoms with E-state index in [4.69, 9.17) is 4.98 Å². The van der Waals surface area contributed by atoms with E-state index in [0.717, 1.165) is 5.69 Å². The largest absolute Gasteiger partial charge is 0.256 e. The van der Waals surface area contributed by atoms with Crippen LogP contribution in [0.4, 0.5) is 0 Å². The summed E-state index contributed by atoms with van der Waals surface area (Å²) in [6.45, 7) is 11.7. The van der Waals surface area contributed by atoms with Gasteiger partial charge < -0.3 is 0 Å². The van der Waals surface area contributed by atoms with Gasteiger partial charge in [0.25, 0.3) is 0 Å². The summed E-state index contributed by atoms with van der Waals surface area (Å²) in [5, 5.41) is 6.93. The van der Waals surface area contributed by atoms with Crippen molar-refractivity contribution in [3.05, 3.63) is 72.4 Å². The van der Waals surface area contributed by atoms with Crippen LogP contribution in [-0.4, -0.2) is 13.1 Å². The Kier molecular flexibility index (Phi) is 4.57. The lowest BCUT2D eigenvalue weighted by atomic mass is 10.0. The second-order valence-electron chi connectivity index (χ2n) is 9.54. The van der Waals surface area contributed by atoms with Crippen LogP contribution in [0.25, 0.3) is 42.2 Å². The molecule has 0 aliphatic heterocycles. The molecule has 0 bridgehead atoms. The van der Waals surface area contributed by atoms with Crippen molar-refractivity contribution in [2.75, 3.05) is 0 Å². The molecule has 0 atom stereocenters. The highest BCUT2D eigenvalue weighted by Crippen LogP contribution is 2.42. The van der Waals surface area contributed by atoms with Crippen LogP contribution in [0.3, 0.4) is 0 Å². The van der Waals surface area contributed by atoms with Gasteiger partial charge in [-0.2, -0.15) is 0 Å². The molecule has 3 aromatic carbocycles. The molecule has 3 heteroatoms. The van der Waals surface area contributed by atoms with Crippen molar-refractivity contribution in [2.45, 2.75) is 39.4 Å². The molecule has 0 unspecified atom stereocenters. The van der Waals surface area contributed by atoms with E-state index in [9.17, 15) is 0 Å². The lowest BCUT2D eigenvalue weighted by Crippen LogP contribution is -2.37. The Bertz CT molecular complexity index is 1410. The highest BCUT2D eigenvalue weighted by molar-refractivity contribution is 7.27. The number of hydrogen-bond acceptors (Lipinski definition) is 2. The molecule has 0 N–H and O–H groups in total. The highest BCUT2D eigenvalue weighted by atomic mass is 32.1. The van der Waals surface area contributed by atoms with Gasteiger partial charge in [-0.3, -0.25) is 4.98 Å². The van der Waals surface area contributed by atoms with E-state index in [1.807, 2.05) is 17.5 Å². The Labute approximate surface area is 183 Å². The molecular formula is C27H27NSSi. The van der Waals surface area contributed by atoms with E-state index in [2.05, 4.69) is 94.2 Å². The number of rotatable bonds is 3. The SMILES string of the molecule is CC(C)c1ccnc(-c2cccc3c2sc2c4ccc([Si](C)(C)C)cc4ccc32)c1. The zero-order valence-corrected chi connectivity index (χ0v) is 20.1. The van der Waals surface area contributed by atoms with E-state index in [1.54, 1.807) is 0 Å². The molecular weight excluding hydrogens is 398 g/mol. The molecule has 0 amide bonds. The summed E-state index contributed by atoms with van der Waals surface area (Å²) in [5.74, 6) is 0.498. The molecule has 0 saturated carbocycles. The molecule has 0 saturated heterocycles. The fourth-order valence-electron chi connectivity index (χ4n) is 4.21. The topological polar surface area (TPSA) is 12.9 Å². The van der Waals surface area contributed by atoms with Crippen LogP contribution in [0.1, 0.15) is 25.3 Å². The maximum Gasteiger partial charge on any atom is 0.0776 e. The van der Waals surface area contributed by atoms with Gasteiger partial charge in [0.15, 0.2) is 0 Å². The van der Waals surface area contributed by atoms with Gasteiger partial charge >= 0.3 is 0 Å². The normalized spacial score (nSPS) is 12.5. The van der Waals surface area contributed by atoms with Gasteiger partial charge in [-0.05, 0) is 34.4 Å². The molecule has 0 fully saturated rings. The second-order valence-corrected chi connectivity index (χ2v) is 15.6. The van der Waals surface area contributed by atoms with E-state index in [0.29, 0.717) is 5.92 Å². The van der Waals surface area contributed by atoms with Crippen LogP contribution < -0.4 is 5.19 Å². The van der Waals surface area contributed by atoms with Crippen molar-refractivity contribution >= 4 is 55.5 Å². The average Bonchev–Trinajstić information content (AvgIpc) is 3.12. The predicted molar refractivity (Wildman–Crippen MR) is 137 cm³/mol. The van der Waals surface area contributed by atoms with Crippen LogP contribution in [0.2, 0.25) is 19.6 Å². The smallest absolute Gasteiger partial charge is 0.0776 e.